The highest BCUT2D eigenvalue weighted by Gasteiger charge is 2.18. The smallest absolute Gasteiger partial charge is 0.255 e. The minimum absolute atomic E-state index is 0.00694. The van der Waals surface area contributed by atoms with E-state index < -0.39 is 5.82 Å². The predicted octanol–water partition coefficient (Wildman–Crippen LogP) is 1.72. The van der Waals surface area contributed by atoms with Crippen molar-refractivity contribution in [3.05, 3.63) is 41.8 Å². The van der Waals surface area contributed by atoms with Crippen LogP contribution in [0, 0.1) is 5.82 Å². The average molecular weight is 277 g/mol. The van der Waals surface area contributed by atoms with Crippen LogP contribution in [0.1, 0.15) is 23.7 Å². The Kier molecular flexibility index (Phi) is 4.47. The van der Waals surface area contributed by atoms with E-state index in [1.54, 1.807) is 25.1 Å². The van der Waals surface area contributed by atoms with Gasteiger partial charge in [-0.15, -0.1) is 0 Å². The van der Waals surface area contributed by atoms with E-state index in [4.69, 9.17) is 5.11 Å². The number of hydrogen-bond donors (Lipinski definition) is 3. The summed E-state index contributed by atoms with van der Waals surface area (Å²) in [6.45, 7) is 1.78. The second-order valence-corrected chi connectivity index (χ2v) is 4.53. The lowest BCUT2D eigenvalue weighted by atomic mass is 10.1. The number of nitrogens with one attached hydrogen (secondary N) is 2. The number of carbonyl (C=O) groups is 1. The Morgan fingerprint density at radius 3 is 2.95 bits per heavy atom. The van der Waals surface area contributed by atoms with Crippen LogP contribution in [0.2, 0.25) is 0 Å². The summed E-state index contributed by atoms with van der Waals surface area (Å²) in [5.41, 5.74) is 0.918. The number of rotatable bonds is 5. The molecule has 5 nitrogen and oxygen atoms in total. The molecule has 0 radical (unpaired) electrons. The van der Waals surface area contributed by atoms with Crippen molar-refractivity contribution in [1.82, 2.24) is 15.5 Å². The van der Waals surface area contributed by atoms with Crippen molar-refractivity contribution in [3.8, 4) is 11.3 Å². The molecule has 0 fully saturated rings. The number of amides is 1. The summed E-state index contributed by atoms with van der Waals surface area (Å²) >= 11 is 0. The van der Waals surface area contributed by atoms with E-state index in [2.05, 4.69) is 15.5 Å². The monoisotopic (exact) mass is 277 g/mol. The van der Waals surface area contributed by atoms with Gasteiger partial charge in [0.1, 0.15) is 5.82 Å². The van der Waals surface area contributed by atoms with Crippen LogP contribution in [0.3, 0.4) is 0 Å². The Bertz CT molecular complexity index is 598. The van der Waals surface area contributed by atoms with E-state index in [1.807, 2.05) is 0 Å². The lowest BCUT2D eigenvalue weighted by Crippen LogP contribution is -2.33. The second kappa shape index (κ2) is 6.29. The number of H-pyrrole nitrogens is 1. The highest BCUT2D eigenvalue weighted by atomic mass is 19.1. The maximum absolute atomic E-state index is 13.8. The fraction of sp³-hybridized carbons (Fsp3) is 0.286. The highest BCUT2D eigenvalue weighted by molar-refractivity contribution is 5.99. The standard InChI is InChI=1S/C14H16FN3O2/c1-9(6-7-19)17-14(20)11-8-16-18-13(11)10-4-2-3-5-12(10)15/h2-5,8-9,19H,6-7H2,1H3,(H,16,18)(H,17,20)/t9-/m1/s1. The average Bonchev–Trinajstić information content (AvgIpc) is 2.88. The van der Waals surface area contributed by atoms with Gasteiger partial charge in [-0.2, -0.15) is 5.10 Å². The topological polar surface area (TPSA) is 78.0 Å². The Balaban J connectivity index is 2.25. The molecule has 1 heterocycles. The van der Waals surface area contributed by atoms with E-state index in [-0.39, 0.29) is 24.1 Å². The summed E-state index contributed by atoms with van der Waals surface area (Å²) in [6.07, 6.45) is 1.82. The number of nitrogens with zero attached hydrogens (tertiary/aromatic N) is 1. The van der Waals surface area contributed by atoms with Crippen LogP contribution in [-0.2, 0) is 0 Å². The van der Waals surface area contributed by atoms with Gasteiger partial charge in [-0.3, -0.25) is 9.89 Å². The van der Waals surface area contributed by atoms with Gasteiger partial charge in [0.25, 0.3) is 5.91 Å². The molecule has 106 valence electrons. The number of aliphatic hydroxyl groups is 1. The predicted molar refractivity (Wildman–Crippen MR) is 72.6 cm³/mol. The third-order valence-corrected chi connectivity index (χ3v) is 2.97. The molecule has 0 aliphatic heterocycles. The summed E-state index contributed by atoms with van der Waals surface area (Å²) in [5.74, 6) is -0.771. The SMILES string of the molecule is C[C@H](CCO)NC(=O)c1cn[nH]c1-c1ccccc1F. The van der Waals surface area contributed by atoms with Crippen molar-refractivity contribution in [2.45, 2.75) is 19.4 Å². The van der Waals surface area contributed by atoms with Gasteiger partial charge in [0, 0.05) is 18.2 Å². The summed E-state index contributed by atoms with van der Waals surface area (Å²) < 4.78 is 13.8. The van der Waals surface area contributed by atoms with Crippen LogP contribution in [0.15, 0.2) is 30.5 Å². The second-order valence-electron chi connectivity index (χ2n) is 4.53. The van der Waals surface area contributed by atoms with Gasteiger partial charge in [-0.05, 0) is 25.5 Å². The first-order valence-corrected chi connectivity index (χ1v) is 6.33. The molecule has 1 aromatic heterocycles. The Morgan fingerprint density at radius 1 is 1.50 bits per heavy atom. The number of hydrogen-bond acceptors (Lipinski definition) is 3. The fourth-order valence-corrected chi connectivity index (χ4v) is 1.89. The summed E-state index contributed by atoms with van der Waals surface area (Å²) in [6, 6.07) is 6.01. The third-order valence-electron chi connectivity index (χ3n) is 2.97. The van der Waals surface area contributed by atoms with Gasteiger partial charge in [0.2, 0.25) is 0 Å². The van der Waals surface area contributed by atoms with Crippen LogP contribution in [-0.4, -0.2) is 33.9 Å². The molecule has 0 saturated carbocycles. The number of aliphatic hydroxyl groups excluding tert-OH is 1. The van der Waals surface area contributed by atoms with Crippen molar-refractivity contribution in [2.24, 2.45) is 0 Å². The molecule has 3 N–H and O–H groups in total. The lowest BCUT2D eigenvalue weighted by molar-refractivity contribution is 0.0935. The Hall–Kier alpha value is -2.21. The zero-order valence-electron chi connectivity index (χ0n) is 11.1. The van der Waals surface area contributed by atoms with Gasteiger partial charge in [-0.25, -0.2) is 4.39 Å². The van der Waals surface area contributed by atoms with Gasteiger partial charge >= 0.3 is 0 Å². The maximum atomic E-state index is 13.8. The molecule has 2 rings (SSSR count). The van der Waals surface area contributed by atoms with Crippen LogP contribution in [0.5, 0.6) is 0 Å². The minimum atomic E-state index is -0.422. The van der Waals surface area contributed by atoms with Gasteiger partial charge in [0.15, 0.2) is 0 Å². The number of carbonyl (C=O) groups excluding carboxylic acids is 1. The van der Waals surface area contributed by atoms with Crippen molar-refractivity contribution in [1.29, 1.82) is 0 Å². The lowest BCUT2D eigenvalue weighted by Gasteiger charge is -2.12. The van der Waals surface area contributed by atoms with E-state index in [9.17, 15) is 9.18 Å². The zero-order chi connectivity index (χ0) is 14.5. The summed E-state index contributed by atoms with van der Waals surface area (Å²) in [7, 11) is 0. The molecule has 0 spiro atoms. The van der Waals surface area contributed by atoms with Crippen LogP contribution < -0.4 is 5.32 Å². The first-order valence-electron chi connectivity index (χ1n) is 6.33. The minimum Gasteiger partial charge on any atom is -0.396 e. The molecule has 0 saturated heterocycles. The quantitative estimate of drug-likeness (QED) is 0.778. The molecule has 0 aliphatic carbocycles. The van der Waals surface area contributed by atoms with Gasteiger partial charge < -0.3 is 10.4 Å². The molecular weight excluding hydrogens is 261 g/mol. The van der Waals surface area contributed by atoms with Crippen LogP contribution >= 0.6 is 0 Å². The fourth-order valence-electron chi connectivity index (χ4n) is 1.89. The van der Waals surface area contributed by atoms with Crippen molar-refractivity contribution in [3.63, 3.8) is 0 Å². The molecule has 0 unspecified atom stereocenters. The molecule has 1 aromatic carbocycles. The number of halogens is 1. The molecule has 1 atom stereocenters. The van der Waals surface area contributed by atoms with Gasteiger partial charge in [0.05, 0.1) is 17.5 Å². The summed E-state index contributed by atoms with van der Waals surface area (Å²) in [5, 5.41) is 18.0. The zero-order valence-corrected chi connectivity index (χ0v) is 11.1. The molecule has 0 aliphatic rings. The van der Waals surface area contributed by atoms with Crippen molar-refractivity contribution >= 4 is 5.91 Å². The molecule has 0 bridgehead atoms. The van der Waals surface area contributed by atoms with Gasteiger partial charge in [-0.1, -0.05) is 12.1 Å². The number of aromatic amines is 1. The van der Waals surface area contributed by atoms with E-state index >= 15 is 0 Å². The van der Waals surface area contributed by atoms with E-state index in [0.717, 1.165) is 0 Å². The maximum Gasteiger partial charge on any atom is 0.255 e. The number of aromatic nitrogens is 2. The van der Waals surface area contributed by atoms with E-state index in [1.165, 1.54) is 12.3 Å². The Morgan fingerprint density at radius 2 is 2.25 bits per heavy atom. The Labute approximate surface area is 115 Å². The molecular formula is C14H16FN3O2. The molecule has 20 heavy (non-hydrogen) atoms. The molecule has 6 heteroatoms. The van der Waals surface area contributed by atoms with Crippen molar-refractivity contribution < 1.29 is 14.3 Å². The summed E-state index contributed by atoms with van der Waals surface area (Å²) in [4.78, 5) is 12.1. The first-order chi connectivity index (χ1) is 9.63. The van der Waals surface area contributed by atoms with E-state index in [0.29, 0.717) is 17.7 Å². The number of benzene rings is 1. The van der Waals surface area contributed by atoms with Crippen LogP contribution in [0.4, 0.5) is 4.39 Å². The van der Waals surface area contributed by atoms with Crippen LogP contribution in [0.25, 0.3) is 11.3 Å². The van der Waals surface area contributed by atoms with Crippen molar-refractivity contribution in [2.75, 3.05) is 6.61 Å². The molecule has 1 amide bonds. The first kappa shape index (κ1) is 14.2. The highest BCUT2D eigenvalue weighted by Crippen LogP contribution is 2.23. The normalized spacial score (nSPS) is 12.2. The molecule has 2 aromatic rings. The largest absolute Gasteiger partial charge is 0.396 e. The third kappa shape index (κ3) is 3.03.